The summed E-state index contributed by atoms with van der Waals surface area (Å²) < 4.78 is 5.39. The van der Waals surface area contributed by atoms with E-state index in [-0.39, 0.29) is 11.8 Å². The third-order valence-corrected chi connectivity index (χ3v) is 3.07. The Hall–Kier alpha value is -3.41. The summed E-state index contributed by atoms with van der Waals surface area (Å²) in [6, 6.07) is 13.9. The van der Waals surface area contributed by atoms with Crippen LogP contribution in [-0.2, 0) is 4.79 Å². The van der Waals surface area contributed by atoms with Gasteiger partial charge in [-0.1, -0.05) is 18.7 Å². The Labute approximate surface area is 146 Å². The molecule has 6 heteroatoms. The smallest absolute Gasteiger partial charge is 0.271 e. The quantitative estimate of drug-likeness (QED) is 0.463. The van der Waals surface area contributed by atoms with E-state index in [0.29, 0.717) is 17.9 Å². The van der Waals surface area contributed by atoms with Gasteiger partial charge in [-0.2, -0.15) is 5.10 Å². The Kier molecular flexibility index (Phi) is 6.47. The van der Waals surface area contributed by atoms with E-state index >= 15 is 0 Å². The summed E-state index contributed by atoms with van der Waals surface area (Å²) in [6.07, 6.45) is 3.21. The predicted molar refractivity (Wildman–Crippen MR) is 97.9 cm³/mol. The van der Waals surface area contributed by atoms with Gasteiger partial charge in [0, 0.05) is 18.2 Å². The molecule has 2 N–H and O–H groups in total. The monoisotopic (exact) mass is 337 g/mol. The van der Waals surface area contributed by atoms with Crippen LogP contribution in [0.15, 0.2) is 66.3 Å². The second kappa shape index (κ2) is 9.02. The van der Waals surface area contributed by atoms with Gasteiger partial charge in [-0.05, 0) is 48.0 Å². The van der Waals surface area contributed by atoms with E-state index in [1.807, 2.05) is 24.3 Å². The van der Waals surface area contributed by atoms with Crippen LogP contribution in [0, 0.1) is 0 Å². The molecular weight excluding hydrogens is 318 g/mol. The minimum Gasteiger partial charge on any atom is -0.490 e. The molecule has 0 bridgehead atoms. The maximum absolute atomic E-state index is 12.1. The summed E-state index contributed by atoms with van der Waals surface area (Å²) in [5.41, 5.74) is 4.22. The van der Waals surface area contributed by atoms with Gasteiger partial charge in [0.25, 0.3) is 5.91 Å². The molecule has 0 heterocycles. The highest BCUT2D eigenvalue weighted by Crippen LogP contribution is 2.12. The third-order valence-electron chi connectivity index (χ3n) is 3.07. The number of benzene rings is 2. The molecule has 0 aliphatic carbocycles. The highest BCUT2D eigenvalue weighted by Gasteiger charge is 2.05. The first kappa shape index (κ1) is 17.9. The van der Waals surface area contributed by atoms with Crippen molar-refractivity contribution in [3.8, 4) is 5.75 Å². The van der Waals surface area contributed by atoms with Crippen molar-refractivity contribution in [1.82, 2.24) is 5.43 Å². The molecule has 2 aromatic carbocycles. The zero-order valence-electron chi connectivity index (χ0n) is 13.9. The van der Waals surface area contributed by atoms with E-state index in [1.54, 1.807) is 30.3 Å². The van der Waals surface area contributed by atoms with Gasteiger partial charge in [0.2, 0.25) is 5.91 Å². The molecule has 0 radical (unpaired) electrons. The Balaban J connectivity index is 1.93. The van der Waals surface area contributed by atoms with Crippen molar-refractivity contribution in [2.75, 3.05) is 11.9 Å². The van der Waals surface area contributed by atoms with Crippen LogP contribution in [0.4, 0.5) is 5.69 Å². The summed E-state index contributed by atoms with van der Waals surface area (Å²) in [4.78, 5) is 23.1. The number of hydrazone groups is 1. The number of hydrogen-bond donors (Lipinski definition) is 2. The van der Waals surface area contributed by atoms with E-state index in [1.165, 1.54) is 13.1 Å². The average molecular weight is 337 g/mol. The number of anilines is 1. The number of rotatable bonds is 7. The molecule has 0 aromatic heterocycles. The second-order valence-corrected chi connectivity index (χ2v) is 5.13. The number of carbonyl (C=O) groups is 2. The van der Waals surface area contributed by atoms with Crippen LogP contribution in [-0.4, -0.2) is 24.6 Å². The third kappa shape index (κ3) is 5.95. The van der Waals surface area contributed by atoms with Crippen molar-refractivity contribution in [3.63, 3.8) is 0 Å². The van der Waals surface area contributed by atoms with Crippen LogP contribution in [0.2, 0.25) is 0 Å². The van der Waals surface area contributed by atoms with Crippen LogP contribution >= 0.6 is 0 Å². The van der Waals surface area contributed by atoms with Gasteiger partial charge < -0.3 is 10.1 Å². The lowest BCUT2D eigenvalue weighted by Crippen LogP contribution is -2.18. The molecule has 2 amide bonds. The first-order chi connectivity index (χ1) is 12.1. The Morgan fingerprint density at radius 3 is 2.64 bits per heavy atom. The molecule has 0 fully saturated rings. The molecule has 0 aliphatic heterocycles. The number of nitrogens with zero attached hydrogens (tertiary/aromatic N) is 1. The highest BCUT2D eigenvalue weighted by molar-refractivity contribution is 5.97. The van der Waals surface area contributed by atoms with E-state index in [0.717, 1.165) is 11.3 Å². The fourth-order valence-electron chi connectivity index (χ4n) is 1.98. The standard InChI is InChI=1S/C19H19N3O3/c1-3-11-25-18-9-7-15(8-10-18)13-20-22-19(24)16-5-4-6-17(12-16)21-14(2)23/h3-10,12-13H,1,11H2,2H3,(H,21,23)(H,22,24). The lowest BCUT2D eigenvalue weighted by Gasteiger charge is -2.05. The van der Waals surface area contributed by atoms with Crippen LogP contribution in [0.25, 0.3) is 0 Å². The van der Waals surface area contributed by atoms with Gasteiger partial charge >= 0.3 is 0 Å². The maximum atomic E-state index is 12.1. The molecule has 0 unspecified atom stereocenters. The molecule has 0 spiro atoms. The van der Waals surface area contributed by atoms with Gasteiger partial charge in [0.1, 0.15) is 12.4 Å². The van der Waals surface area contributed by atoms with Crippen molar-refractivity contribution in [3.05, 3.63) is 72.3 Å². The number of carbonyl (C=O) groups excluding carboxylic acids is 2. The minimum absolute atomic E-state index is 0.198. The topological polar surface area (TPSA) is 79.8 Å². The lowest BCUT2D eigenvalue weighted by molar-refractivity contribution is -0.114. The first-order valence-corrected chi connectivity index (χ1v) is 7.63. The van der Waals surface area contributed by atoms with Crippen LogP contribution < -0.4 is 15.5 Å². The average Bonchev–Trinajstić information content (AvgIpc) is 2.60. The van der Waals surface area contributed by atoms with Crippen LogP contribution in [0.5, 0.6) is 5.75 Å². The van der Waals surface area contributed by atoms with Crippen molar-refractivity contribution >= 4 is 23.7 Å². The zero-order chi connectivity index (χ0) is 18.1. The van der Waals surface area contributed by atoms with E-state index in [2.05, 4.69) is 22.4 Å². The maximum Gasteiger partial charge on any atom is 0.271 e. The van der Waals surface area contributed by atoms with Crippen LogP contribution in [0.1, 0.15) is 22.8 Å². The van der Waals surface area contributed by atoms with Crippen molar-refractivity contribution in [1.29, 1.82) is 0 Å². The molecule has 0 atom stereocenters. The van der Waals surface area contributed by atoms with Crippen molar-refractivity contribution in [2.24, 2.45) is 5.10 Å². The Bertz CT molecular complexity index is 783. The Morgan fingerprint density at radius 1 is 1.20 bits per heavy atom. The number of amides is 2. The van der Waals surface area contributed by atoms with Crippen LogP contribution in [0.3, 0.4) is 0 Å². The van der Waals surface area contributed by atoms with Crippen molar-refractivity contribution < 1.29 is 14.3 Å². The molecular formula is C19H19N3O3. The molecule has 0 aliphatic rings. The zero-order valence-corrected chi connectivity index (χ0v) is 13.9. The lowest BCUT2D eigenvalue weighted by atomic mass is 10.2. The molecule has 0 saturated heterocycles. The van der Waals surface area contributed by atoms with Gasteiger partial charge in [0.15, 0.2) is 0 Å². The summed E-state index contributed by atoms with van der Waals surface area (Å²) in [6.45, 7) is 5.44. The highest BCUT2D eigenvalue weighted by atomic mass is 16.5. The fourth-order valence-corrected chi connectivity index (χ4v) is 1.98. The normalized spacial score (nSPS) is 10.3. The van der Waals surface area contributed by atoms with Gasteiger partial charge in [-0.3, -0.25) is 9.59 Å². The predicted octanol–water partition coefficient (Wildman–Crippen LogP) is 2.97. The van der Waals surface area contributed by atoms with Gasteiger partial charge in [-0.15, -0.1) is 0 Å². The number of hydrogen-bond acceptors (Lipinski definition) is 4. The summed E-state index contributed by atoms with van der Waals surface area (Å²) >= 11 is 0. The molecule has 2 rings (SSSR count). The summed E-state index contributed by atoms with van der Waals surface area (Å²) in [5.74, 6) is 0.168. The Morgan fingerprint density at radius 2 is 1.96 bits per heavy atom. The molecule has 2 aromatic rings. The number of nitrogens with one attached hydrogen (secondary N) is 2. The number of ether oxygens (including phenoxy) is 1. The summed E-state index contributed by atoms with van der Waals surface area (Å²) in [5, 5.41) is 6.56. The largest absolute Gasteiger partial charge is 0.490 e. The van der Waals surface area contributed by atoms with Gasteiger partial charge in [-0.25, -0.2) is 5.43 Å². The van der Waals surface area contributed by atoms with E-state index in [9.17, 15) is 9.59 Å². The molecule has 128 valence electrons. The fraction of sp³-hybridized carbons (Fsp3) is 0.105. The van der Waals surface area contributed by atoms with Crippen molar-refractivity contribution in [2.45, 2.75) is 6.92 Å². The second-order valence-electron chi connectivity index (χ2n) is 5.13. The summed E-state index contributed by atoms with van der Waals surface area (Å²) in [7, 11) is 0. The molecule has 0 saturated carbocycles. The first-order valence-electron chi connectivity index (χ1n) is 7.63. The minimum atomic E-state index is -0.366. The van der Waals surface area contributed by atoms with Gasteiger partial charge in [0.05, 0.1) is 6.21 Å². The molecule has 25 heavy (non-hydrogen) atoms. The SMILES string of the molecule is C=CCOc1ccc(C=NNC(=O)c2cccc(NC(C)=O)c2)cc1. The molecule has 6 nitrogen and oxygen atoms in total. The van der Waals surface area contributed by atoms with E-state index < -0.39 is 0 Å². The van der Waals surface area contributed by atoms with E-state index in [4.69, 9.17) is 4.74 Å².